The summed E-state index contributed by atoms with van der Waals surface area (Å²) >= 11 is 0. The van der Waals surface area contributed by atoms with Crippen LogP contribution in [0.4, 0.5) is 0 Å². The molecule has 29 heavy (non-hydrogen) atoms. The summed E-state index contributed by atoms with van der Waals surface area (Å²) in [6, 6.07) is 12.9. The van der Waals surface area contributed by atoms with Gasteiger partial charge < -0.3 is 24.1 Å². The van der Waals surface area contributed by atoms with Gasteiger partial charge in [-0.3, -0.25) is 4.79 Å². The van der Waals surface area contributed by atoms with E-state index in [1.165, 1.54) is 14.2 Å². The Balaban J connectivity index is 1.45. The third-order valence-corrected chi connectivity index (χ3v) is 4.82. The van der Waals surface area contributed by atoms with Crippen LogP contribution in [0.25, 0.3) is 11.3 Å². The zero-order valence-corrected chi connectivity index (χ0v) is 16.5. The number of para-hydroxylation sites is 1. The van der Waals surface area contributed by atoms with Crippen LogP contribution in [0.3, 0.4) is 0 Å². The fourth-order valence-electron chi connectivity index (χ4n) is 3.44. The predicted molar refractivity (Wildman–Crippen MR) is 106 cm³/mol. The van der Waals surface area contributed by atoms with Crippen LogP contribution in [0.5, 0.6) is 17.2 Å². The Morgan fingerprint density at radius 3 is 2.86 bits per heavy atom. The SMILES string of the molecule is COc1cccc(C(=O)NCc2cc(-c3ccc4c(c3)CC(C)O4)on2)c1OC. The van der Waals surface area contributed by atoms with E-state index in [1.54, 1.807) is 18.2 Å². The molecule has 3 aromatic rings. The van der Waals surface area contributed by atoms with Crippen molar-refractivity contribution in [3.63, 3.8) is 0 Å². The predicted octanol–water partition coefficient (Wildman–Crippen LogP) is 3.61. The van der Waals surface area contributed by atoms with Crippen molar-refractivity contribution in [3.05, 3.63) is 59.3 Å². The third kappa shape index (κ3) is 3.76. The van der Waals surface area contributed by atoms with Gasteiger partial charge in [0.05, 0.1) is 26.3 Å². The molecule has 1 aliphatic rings. The molecule has 1 N–H and O–H groups in total. The van der Waals surface area contributed by atoms with Gasteiger partial charge in [0, 0.05) is 18.1 Å². The highest BCUT2D eigenvalue weighted by atomic mass is 16.5. The number of rotatable bonds is 6. The number of fused-ring (bicyclic) bond motifs is 1. The van der Waals surface area contributed by atoms with Crippen LogP contribution in [-0.2, 0) is 13.0 Å². The topological polar surface area (TPSA) is 82.8 Å². The fourth-order valence-corrected chi connectivity index (χ4v) is 3.44. The molecule has 4 rings (SSSR count). The van der Waals surface area contributed by atoms with Crippen molar-refractivity contribution in [2.45, 2.75) is 26.0 Å². The van der Waals surface area contributed by atoms with Gasteiger partial charge in [0.1, 0.15) is 17.5 Å². The molecule has 0 spiro atoms. The molecule has 0 fully saturated rings. The first-order valence-electron chi connectivity index (χ1n) is 9.33. The smallest absolute Gasteiger partial charge is 0.255 e. The molecule has 0 radical (unpaired) electrons. The largest absolute Gasteiger partial charge is 0.493 e. The number of benzene rings is 2. The van der Waals surface area contributed by atoms with E-state index < -0.39 is 0 Å². The van der Waals surface area contributed by atoms with Crippen LogP contribution < -0.4 is 19.5 Å². The Morgan fingerprint density at radius 1 is 1.21 bits per heavy atom. The number of hydrogen-bond donors (Lipinski definition) is 1. The van der Waals surface area contributed by atoms with E-state index in [2.05, 4.69) is 16.5 Å². The number of nitrogens with one attached hydrogen (secondary N) is 1. The Labute approximate surface area is 168 Å². The van der Waals surface area contributed by atoms with E-state index in [0.29, 0.717) is 28.5 Å². The summed E-state index contributed by atoms with van der Waals surface area (Å²) in [5, 5.41) is 6.90. The van der Waals surface area contributed by atoms with Gasteiger partial charge in [-0.1, -0.05) is 11.2 Å². The summed E-state index contributed by atoms with van der Waals surface area (Å²) in [7, 11) is 3.03. The fraction of sp³-hybridized carbons (Fsp3) is 0.273. The normalized spacial score (nSPS) is 14.8. The molecule has 150 valence electrons. The second-order valence-corrected chi connectivity index (χ2v) is 6.86. The van der Waals surface area contributed by atoms with Gasteiger partial charge in [-0.25, -0.2) is 0 Å². The molecule has 1 aliphatic heterocycles. The van der Waals surface area contributed by atoms with E-state index >= 15 is 0 Å². The lowest BCUT2D eigenvalue weighted by Crippen LogP contribution is -2.23. The number of methoxy groups -OCH3 is 2. The number of hydrogen-bond acceptors (Lipinski definition) is 6. The monoisotopic (exact) mass is 394 g/mol. The first-order valence-corrected chi connectivity index (χ1v) is 9.33. The maximum absolute atomic E-state index is 12.6. The van der Waals surface area contributed by atoms with E-state index in [9.17, 15) is 4.79 Å². The molecule has 0 saturated carbocycles. The number of ether oxygens (including phenoxy) is 3. The first kappa shape index (κ1) is 18.9. The van der Waals surface area contributed by atoms with Crippen molar-refractivity contribution < 1.29 is 23.5 Å². The van der Waals surface area contributed by atoms with E-state index in [0.717, 1.165) is 23.3 Å². The first-order chi connectivity index (χ1) is 14.1. The van der Waals surface area contributed by atoms with Gasteiger partial charge in [-0.2, -0.15) is 0 Å². The zero-order valence-electron chi connectivity index (χ0n) is 16.5. The second kappa shape index (κ2) is 7.87. The number of aromatic nitrogens is 1. The molecule has 0 bridgehead atoms. The van der Waals surface area contributed by atoms with E-state index in [-0.39, 0.29) is 18.6 Å². The van der Waals surface area contributed by atoms with E-state index in [4.69, 9.17) is 18.7 Å². The molecule has 7 heteroatoms. The summed E-state index contributed by atoms with van der Waals surface area (Å²) in [4.78, 5) is 12.6. The summed E-state index contributed by atoms with van der Waals surface area (Å²) in [5.41, 5.74) is 3.11. The van der Waals surface area contributed by atoms with Crippen LogP contribution in [0.1, 0.15) is 28.5 Å². The molecular formula is C22H22N2O5. The third-order valence-electron chi connectivity index (χ3n) is 4.82. The minimum Gasteiger partial charge on any atom is -0.493 e. The van der Waals surface area contributed by atoms with Crippen LogP contribution in [0.15, 0.2) is 47.0 Å². The van der Waals surface area contributed by atoms with Gasteiger partial charge in [-0.15, -0.1) is 0 Å². The van der Waals surface area contributed by atoms with Gasteiger partial charge in [-0.05, 0) is 42.8 Å². The Hall–Kier alpha value is -3.48. The van der Waals surface area contributed by atoms with Crippen molar-refractivity contribution >= 4 is 5.91 Å². The summed E-state index contributed by atoms with van der Waals surface area (Å²) < 4.78 is 21.8. The van der Waals surface area contributed by atoms with Crippen LogP contribution in [0, 0.1) is 0 Å². The molecule has 7 nitrogen and oxygen atoms in total. The lowest BCUT2D eigenvalue weighted by molar-refractivity contribution is 0.0946. The molecule has 1 aromatic heterocycles. The molecule has 2 heterocycles. The van der Waals surface area contributed by atoms with Crippen LogP contribution in [-0.4, -0.2) is 31.4 Å². The molecule has 2 aromatic carbocycles. The minimum absolute atomic E-state index is 0.189. The van der Waals surface area contributed by atoms with Gasteiger partial charge in [0.25, 0.3) is 5.91 Å². The number of carbonyl (C=O) groups is 1. The van der Waals surface area contributed by atoms with Crippen molar-refractivity contribution in [2.24, 2.45) is 0 Å². The second-order valence-electron chi connectivity index (χ2n) is 6.86. The Bertz CT molecular complexity index is 1040. The number of nitrogens with zero attached hydrogens (tertiary/aromatic N) is 1. The Morgan fingerprint density at radius 2 is 2.07 bits per heavy atom. The van der Waals surface area contributed by atoms with Gasteiger partial charge in [0.2, 0.25) is 0 Å². The van der Waals surface area contributed by atoms with Crippen molar-refractivity contribution in [1.82, 2.24) is 10.5 Å². The maximum atomic E-state index is 12.6. The Kier molecular flexibility index (Phi) is 5.12. The lowest BCUT2D eigenvalue weighted by Gasteiger charge is -2.12. The quantitative estimate of drug-likeness (QED) is 0.688. The molecule has 1 unspecified atom stereocenters. The molecular weight excluding hydrogens is 372 g/mol. The average molecular weight is 394 g/mol. The summed E-state index contributed by atoms with van der Waals surface area (Å²) in [6.07, 6.45) is 1.07. The highest BCUT2D eigenvalue weighted by Gasteiger charge is 2.20. The minimum atomic E-state index is -0.283. The molecule has 0 saturated heterocycles. The van der Waals surface area contributed by atoms with Crippen molar-refractivity contribution in [2.75, 3.05) is 14.2 Å². The van der Waals surface area contributed by atoms with Crippen LogP contribution in [0.2, 0.25) is 0 Å². The van der Waals surface area contributed by atoms with Gasteiger partial charge >= 0.3 is 0 Å². The molecule has 1 amide bonds. The highest BCUT2D eigenvalue weighted by Crippen LogP contribution is 2.33. The standard InChI is InChI=1S/C22H22N2O5/c1-13-9-15-10-14(7-8-18(15)28-13)20-11-16(24-29-20)12-23-22(25)17-5-4-6-19(26-2)21(17)27-3/h4-8,10-11,13H,9,12H2,1-3H3,(H,23,25). The highest BCUT2D eigenvalue weighted by molar-refractivity contribution is 5.97. The van der Waals surface area contributed by atoms with E-state index in [1.807, 2.05) is 25.1 Å². The maximum Gasteiger partial charge on any atom is 0.255 e. The van der Waals surface area contributed by atoms with Gasteiger partial charge in [0.15, 0.2) is 17.3 Å². The molecule has 1 atom stereocenters. The molecule has 0 aliphatic carbocycles. The summed E-state index contributed by atoms with van der Waals surface area (Å²) in [5.74, 6) is 2.17. The van der Waals surface area contributed by atoms with Crippen molar-refractivity contribution in [1.29, 1.82) is 0 Å². The number of carbonyl (C=O) groups excluding carboxylic acids is 1. The summed E-state index contributed by atoms with van der Waals surface area (Å²) in [6.45, 7) is 2.28. The average Bonchev–Trinajstić information content (AvgIpc) is 3.36. The van der Waals surface area contributed by atoms with Crippen LogP contribution >= 0.6 is 0 Å². The lowest BCUT2D eigenvalue weighted by atomic mass is 10.1. The zero-order chi connectivity index (χ0) is 20.4. The van der Waals surface area contributed by atoms with Crippen molar-refractivity contribution in [3.8, 4) is 28.6 Å². The number of amides is 1.